The fourth-order valence-corrected chi connectivity index (χ4v) is 1.45. The molecule has 0 heterocycles. The van der Waals surface area contributed by atoms with Crippen molar-refractivity contribution < 1.29 is 18.7 Å². The van der Waals surface area contributed by atoms with Crippen LogP contribution in [-0.2, 0) is 9.53 Å². The summed E-state index contributed by atoms with van der Waals surface area (Å²) < 4.78 is 18.0. The number of benzene rings is 1. The molecule has 0 aromatic heterocycles. The van der Waals surface area contributed by atoms with Crippen molar-refractivity contribution in [3.8, 4) is 6.07 Å². The third-order valence-electron chi connectivity index (χ3n) is 2.06. The van der Waals surface area contributed by atoms with Gasteiger partial charge in [0.15, 0.2) is 6.61 Å². The molecule has 0 spiro atoms. The molecule has 0 radical (unpaired) electrons. The highest BCUT2D eigenvalue weighted by atomic mass is 35.5. The smallest absolute Gasteiger partial charge is 0.343 e. The summed E-state index contributed by atoms with van der Waals surface area (Å²) in [6, 6.07) is 5.60. The summed E-state index contributed by atoms with van der Waals surface area (Å²) in [5, 5.41) is 10.5. The predicted octanol–water partition coefficient (Wildman–Crippen LogP) is 1.67. The third kappa shape index (κ3) is 4.56. The lowest BCUT2D eigenvalue weighted by Crippen LogP contribution is -2.29. The molecule has 0 fully saturated rings. The Morgan fingerprint density at radius 2 is 2.21 bits per heavy atom. The molecule has 1 N–H and O–H groups in total. The molecule has 7 heteroatoms. The Bertz CT molecular complexity index is 508. The minimum Gasteiger partial charge on any atom is -0.452 e. The molecule has 0 unspecified atom stereocenters. The fourth-order valence-electron chi connectivity index (χ4n) is 1.20. The number of rotatable bonds is 5. The van der Waals surface area contributed by atoms with E-state index in [0.717, 1.165) is 6.07 Å². The van der Waals surface area contributed by atoms with Crippen LogP contribution in [0.3, 0.4) is 0 Å². The van der Waals surface area contributed by atoms with Gasteiger partial charge in [0.05, 0.1) is 17.5 Å². The van der Waals surface area contributed by atoms with Crippen molar-refractivity contribution in [2.45, 2.75) is 6.42 Å². The summed E-state index contributed by atoms with van der Waals surface area (Å²) in [7, 11) is 0. The first-order valence-electron chi connectivity index (χ1n) is 5.31. The van der Waals surface area contributed by atoms with Crippen LogP contribution in [0.15, 0.2) is 18.2 Å². The Kier molecular flexibility index (Phi) is 5.76. The van der Waals surface area contributed by atoms with Crippen LogP contribution < -0.4 is 5.32 Å². The summed E-state index contributed by atoms with van der Waals surface area (Å²) in [6.07, 6.45) is 0.152. The van der Waals surface area contributed by atoms with E-state index in [1.165, 1.54) is 12.1 Å². The van der Waals surface area contributed by atoms with E-state index in [9.17, 15) is 14.0 Å². The Morgan fingerprint density at radius 1 is 1.47 bits per heavy atom. The van der Waals surface area contributed by atoms with E-state index in [1.54, 1.807) is 0 Å². The maximum absolute atomic E-state index is 13.4. The second-order valence-electron chi connectivity index (χ2n) is 3.43. The highest BCUT2D eigenvalue weighted by Gasteiger charge is 2.18. The van der Waals surface area contributed by atoms with Gasteiger partial charge in [0.1, 0.15) is 11.4 Å². The topological polar surface area (TPSA) is 79.2 Å². The number of esters is 1. The van der Waals surface area contributed by atoms with E-state index in [-0.39, 0.29) is 18.0 Å². The maximum atomic E-state index is 13.4. The molecule has 0 saturated heterocycles. The van der Waals surface area contributed by atoms with E-state index >= 15 is 0 Å². The Morgan fingerprint density at radius 3 is 2.84 bits per heavy atom. The largest absolute Gasteiger partial charge is 0.452 e. The van der Waals surface area contributed by atoms with Gasteiger partial charge in [-0.05, 0) is 12.1 Å². The molecular weight excluding hydrogens is 275 g/mol. The van der Waals surface area contributed by atoms with Crippen LogP contribution in [0.2, 0.25) is 5.02 Å². The number of amides is 1. The SMILES string of the molecule is N#CCCNC(=O)COC(=O)c1c(F)cccc1Cl. The zero-order valence-electron chi connectivity index (χ0n) is 9.78. The van der Waals surface area contributed by atoms with E-state index in [0.29, 0.717) is 0 Å². The summed E-state index contributed by atoms with van der Waals surface area (Å²) >= 11 is 5.66. The van der Waals surface area contributed by atoms with Crippen LogP contribution in [0, 0.1) is 17.1 Å². The predicted molar refractivity (Wildman–Crippen MR) is 64.9 cm³/mol. The average Bonchev–Trinajstić information content (AvgIpc) is 2.36. The number of nitrogens with zero attached hydrogens (tertiary/aromatic N) is 1. The Hall–Kier alpha value is -2.13. The lowest BCUT2D eigenvalue weighted by molar-refractivity contribution is -0.124. The minimum absolute atomic E-state index is 0.0881. The number of halogens is 2. The molecular formula is C12H10ClFN2O3. The van der Waals surface area contributed by atoms with Crippen LogP contribution in [-0.4, -0.2) is 25.0 Å². The number of nitriles is 1. The molecule has 0 aliphatic rings. The fraction of sp³-hybridized carbons (Fsp3) is 0.250. The van der Waals surface area contributed by atoms with Crippen molar-refractivity contribution in [1.82, 2.24) is 5.32 Å². The molecule has 0 aliphatic carbocycles. The van der Waals surface area contributed by atoms with Gasteiger partial charge in [0, 0.05) is 6.54 Å². The molecule has 1 aromatic carbocycles. The number of hydrogen-bond donors (Lipinski definition) is 1. The van der Waals surface area contributed by atoms with Gasteiger partial charge >= 0.3 is 5.97 Å². The summed E-state index contributed by atoms with van der Waals surface area (Å²) in [6.45, 7) is -0.401. The van der Waals surface area contributed by atoms with E-state index in [1.807, 2.05) is 6.07 Å². The third-order valence-corrected chi connectivity index (χ3v) is 2.38. The highest BCUT2D eigenvalue weighted by molar-refractivity contribution is 6.33. The lowest BCUT2D eigenvalue weighted by Gasteiger charge is -2.07. The molecule has 0 saturated carbocycles. The molecule has 1 aromatic rings. The van der Waals surface area contributed by atoms with Gasteiger partial charge in [-0.3, -0.25) is 4.79 Å². The average molecular weight is 285 g/mol. The molecule has 1 rings (SSSR count). The summed E-state index contributed by atoms with van der Waals surface area (Å²) in [5.41, 5.74) is -0.408. The molecule has 0 bridgehead atoms. The summed E-state index contributed by atoms with van der Waals surface area (Å²) in [5.74, 6) is -2.41. The molecule has 19 heavy (non-hydrogen) atoms. The molecule has 5 nitrogen and oxygen atoms in total. The molecule has 1 amide bonds. The van der Waals surface area contributed by atoms with Gasteiger partial charge in [-0.2, -0.15) is 5.26 Å². The number of nitrogens with one attached hydrogen (secondary N) is 1. The van der Waals surface area contributed by atoms with Gasteiger partial charge in [0.2, 0.25) is 0 Å². The standard InChI is InChI=1S/C12H10ClFN2O3/c13-8-3-1-4-9(14)11(8)12(18)19-7-10(17)16-6-2-5-15/h1,3-4H,2,6-7H2,(H,16,17). The van der Waals surface area contributed by atoms with Gasteiger partial charge in [-0.15, -0.1) is 0 Å². The van der Waals surface area contributed by atoms with Crippen LogP contribution in [0.25, 0.3) is 0 Å². The van der Waals surface area contributed by atoms with Gasteiger partial charge in [-0.1, -0.05) is 17.7 Å². The van der Waals surface area contributed by atoms with E-state index < -0.39 is 29.9 Å². The van der Waals surface area contributed by atoms with Crippen LogP contribution in [0.1, 0.15) is 16.8 Å². The highest BCUT2D eigenvalue weighted by Crippen LogP contribution is 2.19. The second-order valence-corrected chi connectivity index (χ2v) is 3.84. The Labute approximate surface area is 113 Å². The normalized spacial score (nSPS) is 9.53. The minimum atomic E-state index is -1.02. The molecule has 100 valence electrons. The van der Waals surface area contributed by atoms with Gasteiger partial charge in [0.25, 0.3) is 5.91 Å². The summed E-state index contributed by atoms with van der Waals surface area (Å²) in [4.78, 5) is 22.7. The quantitative estimate of drug-likeness (QED) is 0.659. The van der Waals surface area contributed by atoms with Crippen LogP contribution in [0.5, 0.6) is 0 Å². The van der Waals surface area contributed by atoms with Crippen LogP contribution >= 0.6 is 11.6 Å². The molecule has 0 aliphatic heterocycles. The zero-order valence-corrected chi connectivity index (χ0v) is 10.5. The second kappa shape index (κ2) is 7.34. The number of hydrogen-bond acceptors (Lipinski definition) is 4. The van der Waals surface area contributed by atoms with Crippen molar-refractivity contribution in [2.75, 3.05) is 13.2 Å². The Balaban J connectivity index is 2.52. The number of ether oxygens (including phenoxy) is 1. The van der Waals surface area contributed by atoms with Crippen molar-refractivity contribution in [3.05, 3.63) is 34.6 Å². The van der Waals surface area contributed by atoms with Crippen molar-refractivity contribution in [1.29, 1.82) is 5.26 Å². The first kappa shape index (κ1) is 14.9. The van der Waals surface area contributed by atoms with Crippen molar-refractivity contribution in [3.63, 3.8) is 0 Å². The number of carbonyl (C=O) groups is 2. The monoisotopic (exact) mass is 284 g/mol. The van der Waals surface area contributed by atoms with Gasteiger partial charge < -0.3 is 10.1 Å². The van der Waals surface area contributed by atoms with Crippen molar-refractivity contribution in [2.24, 2.45) is 0 Å². The number of carbonyl (C=O) groups excluding carboxylic acids is 2. The van der Waals surface area contributed by atoms with Crippen LogP contribution in [0.4, 0.5) is 4.39 Å². The van der Waals surface area contributed by atoms with E-state index in [2.05, 4.69) is 10.1 Å². The lowest BCUT2D eigenvalue weighted by atomic mass is 10.2. The molecule has 0 atom stereocenters. The first-order chi connectivity index (χ1) is 9.06. The maximum Gasteiger partial charge on any atom is 0.343 e. The first-order valence-corrected chi connectivity index (χ1v) is 5.69. The van der Waals surface area contributed by atoms with E-state index in [4.69, 9.17) is 16.9 Å². The zero-order chi connectivity index (χ0) is 14.3. The van der Waals surface area contributed by atoms with Crippen molar-refractivity contribution >= 4 is 23.5 Å². The van der Waals surface area contributed by atoms with Gasteiger partial charge in [-0.25, -0.2) is 9.18 Å².